The number of hydrogen-bond acceptors (Lipinski definition) is 1. The van der Waals surface area contributed by atoms with E-state index in [9.17, 15) is 4.79 Å². The number of anilines is 1. The van der Waals surface area contributed by atoms with Crippen LogP contribution in [0.3, 0.4) is 0 Å². The molecule has 2 aromatic rings. The zero-order valence-corrected chi connectivity index (χ0v) is 12.5. The fourth-order valence-electron chi connectivity index (χ4n) is 3.07. The quantitative estimate of drug-likeness (QED) is 0.905. The number of nitrogens with zero attached hydrogens (tertiary/aromatic N) is 1. The predicted molar refractivity (Wildman–Crippen MR) is 85.3 cm³/mol. The number of rotatable bonds is 3. The van der Waals surface area contributed by atoms with Crippen LogP contribution >= 0.6 is 0 Å². The largest absolute Gasteiger partial charge is 0.346 e. The molecule has 3 rings (SSSR count). The molecule has 0 aliphatic heterocycles. The van der Waals surface area contributed by atoms with E-state index in [-0.39, 0.29) is 5.91 Å². The molecule has 21 heavy (non-hydrogen) atoms. The molecule has 0 radical (unpaired) electrons. The second-order valence-electron chi connectivity index (χ2n) is 5.63. The molecule has 3 heteroatoms. The van der Waals surface area contributed by atoms with Crippen molar-refractivity contribution in [3.05, 3.63) is 65.5 Å². The van der Waals surface area contributed by atoms with Crippen molar-refractivity contribution in [2.75, 3.05) is 5.32 Å². The van der Waals surface area contributed by atoms with E-state index >= 15 is 0 Å². The van der Waals surface area contributed by atoms with Gasteiger partial charge < -0.3 is 9.88 Å². The first-order chi connectivity index (χ1) is 10.1. The minimum Gasteiger partial charge on any atom is -0.346 e. The summed E-state index contributed by atoms with van der Waals surface area (Å²) in [4.78, 5) is 12.3. The lowest BCUT2D eigenvalue weighted by molar-refractivity contribution is -0.113. The Morgan fingerprint density at radius 2 is 1.76 bits per heavy atom. The van der Waals surface area contributed by atoms with Crippen molar-refractivity contribution in [2.45, 2.75) is 32.7 Å². The lowest BCUT2D eigenvalue weighted by Crippen LogP contribution is -2.15. The predicted octanol–water partition coefficient (Wildman–Crippen LogP) is 4.00. The summed E-state index contributed by atoms with van der Waals surface area (Å²) in [6.45, 7) is 4.24. The molecule has 1 N–H and O–H groups in total. The molecule has 1 aliphatic rings. The third kappa shape index (κ3) is 2.77. The van der Waals surface area contributed by atoms with E-state index in [0.29, 0.717) is 6.04 Å². The Morgan fingerprint density at radius 1 is 1.10 bits per heavy atom. The van der Waals surface area contributed by atoms with Crippen LogP contribution in [0.1, 0.15) is 30.3 Å². The highest BCUT2D eigenvalue weighted by Gasteiger charge is 2.24. The molecular formula is C18H20N2O. The van der Waals surface area contributed by atoms with Crippen LogP contribution in [0.4, 0.5) is 5.69 Å². The molecule has 0 bridgehead atoms. The van der Waals surface area contributed by atoms with Gasteiger partial charge in [-0.2, -0.15) is 0 Å². The monoisotopic (exact) mass is 280 g/mol. The number of benzene rings is 1. The van der Waals surface area contributed by atoms with Crippen molar-refractivity contribution in [3.8, 4) is 0 Å². The van der Waals surface area contributed by atoms with Crippen LogP contribution in [-0.2, 0) is 4.79 Å². The van der Waals surface area contributed by atoms with Crippen LogP contribution in [0.25, 0.3) is 0 Å². The topological polar surface area (TPSA) is 34.0 Å². The highest BCUT2D eigenvalue weighted by molar-refractivity contribution is 6.04. The van der Waals surface area contributed by atoms with Crippen LogP contribution in [0.15, 0.2) is 54.1 Å². The van der Waals surface area contributed by atoms with Gasteiger partial charge >= 0.3 is 0 Å². The van der Waals surface area contributed by atoms with Gasteiger partial charge in [0.05, 0.1) is 0 Å². The fourth-order valence-corrected chi connectivity index (χ4v) is 3.07. The van der Waals surface area contributed by atoms with Gasteiger partial charge in [-0.1, -0.05) is 24.3 Å². The molecule has 0 unspecified atom stereocenters. The highest BCUT2D eigenvalue weighted by Crippen LogP contribution is 2.32. The molecule has 0 spiro atoms. The van der Waals surface area contributed by atoms with Gasteiger partial charge in [-0.15, -0.1) is 0 Å². The summed E-state index contributed by atoms with van der Waals surface area (Å²) in [7, 11) is 0. The molecule has 1 amide bonds. The van der Waals surface area contributed by atoms with E-state index in [4.69, 9.17) is 0 Å². The minimum absolute atomic E-state index is 0.0196. The standard InChI is InChI=1S/C18H20N2O/c1-13-8-9-14(2)20(13)17-11-10-15(12-17)18(21)19-16-6-4-3-5-7-16/h3-10,17H,11-12H2,1-2H3,(H,19,21)/t17-/m1/s1. The molecule has 1 aromatic carbocycles. The number of carbonyl (C=O) groups excluding carboxylic acids is 1. The molecule has 0 saturated carbocycles. The minimum atomic E-state index is 0.0196. The summed E-state index contributed by atoms with van der Waals surface area (Å²) in [5, 5.41) is 2.96. The molecule has 1 atom stereocenters. The summed E-state index contributed by atoms with van der Waals surface area (Å²) in [6, 6.07) is 14.3. The van der Waals surface area contributed by atoms with Crippen molar-refractivity contribution < 1.29 is 4.79 Å². The van der Waals surface area contributed by atoms with Gasteiger partial charge in [0.25, 0.3) is 5.91 Å². The third-order valence-corrected chi connectivity index (χ3v) is 4.11. The summed E-state index contributed by atoms with van der Waals surface area (Å²) < 4.78 is 2.33. The third-order valence-electron chi connectivity index (χ3n) is 4.11. The summed E-state index contributed by atoms with van der Waals surface area (Å²) in [5.41, 5.74) is 4.25. The van der Waals surface area contributed by atoms with Gasteiger partial charge in [0.2, 0.25) is 0 Å². The van der Waals surface area contributed by atoms with Crippen molar-refractivity contribution in [1.29, 1.82) is 0 Å². The number of allylic oxidation sites excluding steroid dienone is 1. The van der Waals surface area contributed by atoms with E-state index in [1.165, 1.54) is 11.4 Å². The summed E-state index contributed by atoms with van der Waals surface area (Å²) in [6.07, 6.45) is 3.80. The normalized spacial score (nSPS) is 17.6. The Hall–Kier alpha value is -2.29. The molecule has 1 heterocycles. The lowest BCUT2D eigenvalue weighted by atomic mass is 10.1. The van der Waals surface area contributed by atoms with E-state index in [1.54, 1.807) is 0 Å². The maximum atomic E-state index is 12.3. The molecule has 1 aromatic heterocycles. The Kier molecular flexibility index (Phi) is 3.65. The lowest BCUT2D eigenvalue weighted by Gasteiger charge is -2.17. The maximum absolute atomic E-state index is 12.3. The SMILES string of the molecule is Cc1ccc(C)n1[C@@H]1CC=C(C(=O)Nc2ccccc2)C1. The van der Waals surface area contributed by atoms with Crippen LogP contribution in [0.5, 0.6) is 0 Å². The van der Waals surface area contributed by atoms with Gasteiger partial charge in [0.15, 0.2) is 0 Å². The Bertz CT molecular complexity index is 663. The number of nitrogens with one attached hydrogen (secondary N) is 1. The Labute approximate surface area is 125 Å². The second kappa shape index (κ2) is 5.60. The van der Waals surface area contributed by atoms with Crippen molar-refractivity contribution >= 4 is 11.6 Å². The number of aromatic nitrogens is 1. The Balaban J connectivity index is 1.68. The van der Waals surface area contributed by atoms with Crippen LogP contribution in [-0.4, -0.2) is 10.5 Å². The first-order valence-electron chi connectivity index (χ1n) is 7.35. The van der Waals surface area contributed by atoms with E-state index in [1.807, 2.05) is 30.3 Å². The van der Waals surface area contributed by atoms with Gasteiger partial charge in [-0.3, -0.25) is 4.79 Å². The molecule has 0 saturated heterocycles. The van der Waals surface area contributed by atoms with E-state index in [0.717, 1.165) is 24.1 Å². The van der Waals surface area contributed by atoms with Crippen LogP contribution < -0.4 is 5.32 Å². The summed E-state index contributed by atoms with van der Waals surface area (Å²) in [5.74, 6) is 0.0196. The smallest absolute Gasteiger partial charge is 0.251 e. The van der Waals surface area contributed by atoms with Gasteiger partial charge in [0.1, 0.15) is 0 Å². The van der Waals surface area contributed by atoms with Crippen LogP contribution in [0, 0.1) is 13.8 Å². The van der Waals surface area contributed by atoms with Crippen molar-refractivity contribution in [3.63, 3.8) is 0 Å². The highest BCUT2D eigenvalue weighted by atomic mass is 16.1. The first kappa shape index (κ1) is 13.7. The van der Waals surface area contributed by atoms with Gasteiger partial charge in [0, 0.05) is 28.7 Å². The van der Waals surface area contributed by atoms with Crippen molar-refractivity contribution in [2.24, 2.45) is 0 Å². The summed E-state index contributed by atoms with van der Waals surface area (Å²) >= 11 is 0. The fraction of sp³-hybridized carbons (Fsp3) is 0.278. The average molecular weight is 280 g/mol. The second-order valence-corrected chi connectivity index (χ2v) is 5.63. The maximum Gasteiger partial charge on any atom is 0.251 e. The molecule has 1 aliphatic carbocycles. The zero-order chi connectivity index (χ0) is 14.8. The van der Waals surface area contributed by atoms with Crippen LogP contribution in [0.2, 0.25) is 0 Å². The zero-order valence-electron chi connectivity index (χ0n) is 12.5. The number of hydrogen-bond donors (Lipinski definition) is 1. The molecular weight excluding hydrogens is 260 g/mol. The Morgan fingerprint density at radius 3 is 2.43 bits per heavy atom. The van der Waals surface area contributed by atoms with Gasteiger partial charge in [-0.05, 0) is 51.0 Å². The number of para-hydroxylation sites is 1. The number of aryl methyl sites for hydroxylation is 2. The van der Waals surface area contributed by atoms with E-state index < -0.39 is 0 Å². The first-order valence-corrected chi connectivity index (χ1v) is 7.35. The van der Waals surface area contributed by atoms with E-state index in [2.05, 4.69) is 41.9 Å². The number of carbonyl (C=O) groups is 1. The van der Waals surface area contributed by atoms with Gasteiger partial charge in [-0.25, -0.2) is 0 Å². The molecule has 3 nitrogen and oxygen atoms in total. The molecule has 0 fully saturated rings. The van der Waals surface area contributed by atoms with Crippen molar-refractivity contribution in [1.82, 2.24) is 4.57 Å². The average Bonchev–Trinajstić information content (AvgIpc) is 3.07. The number of amides is 1. The molecule has 108 valence electrons.